The summed E-state index contributed by atoms with van der Waals surface area (Å²) in [7, 11) is 2.03. The molecular weight excluding hydrogens is 364 g/mol. The number of H-pyrrole nitrogens is 1. The summed E-state index contributed by atoms with van der Waals surface area (Å²) in [6.07, 6.45) is 3.75. The van der Waals surface area contributed by atoms with Crippen molar-refractivity contribution < 1.29 is 4.52 Å². The summed E-state index contributed by atoms with van der Waals surface area (Å²) in [5.74, 6) is 2.69. The molecule has 154 valence electrons. The summed E-state index contributed by atoms with van der Waals surface area (Å²) in [6, 6.07) is 10.2. The smallest absolute Gasteiger partial charge is 0.194 e. The molecule has 0 amide bonds. The SMILES string of the molecule is CCNC(=NCCCc1c(C)noc1C)N(C)Cc1ncc(-c2ccccc2)[nH]1. The molecule has 7 nitrogen and oxygen atoms in total. The minimum atomic E-state index is 0.655. The van der Waals surface area contributed by atoms with Crippen molar-refractivity contribution in [1.29, 1.82) is 0 Å². The first-order chi connectivity index (χ1) is 14.1. The quantitative estimate of drug-likeness (QED) is 0.346. The third-order valence-electron chi connectivity index (χ3n) is 4.82. The summed E-state index contributed by atoms with van der Waals surface area (Å²) in [6.45, 7) is 8.24. The van der Waals surface area contributed by atoms with Crippen molar-refractivity contribution in [3.8, 4) is 11.3 Å². The standard InChI is InChI=1S/C22H30N6O/c1-5-23-22(24-13-9-12-19-16(2)27-29-17(19)3)28(4)15-21-25-14-20(26-21)18-10-7-6-8-11-18/h6-8,10-11,14H,5,9,12-13,15H2,1-4H3,(H,23,24)(H,25,26). The van der Waals surface area contributed by atoms with Gasteiger partial charge in [-0.3, -0.25) is 4.99 Å². The zero-order valence-corrected chi connectivity index (χ0v) is 17.7. The third kappa shape index (κ3) is 5.47. The van der Waals surface area contributed by atoms with Gasteiger partial charge in [0.25, 0.3) is 0 Å². The monoisotopic (exact) mass is 394 g/mol. The first kappa shape index (κ1) is 20.6. The summed E-state index contributed by atoms with van der Waals surface area (Å²) >= 11 is 0. The van der Waals surface area contributed by atoms with Crippen molar-refractivity contribution >= 4 is 5.96 Å². The lowest BCUT2D eigenvalue weighted by Crippen LogP contribution is -2.38. The number of aryl methyl sites for hydroxylation is 2. The number of aromatic nitrogens is 3. The average molecular weight is 395 g/mol. The van der Waals surface area contributed by atoms with E-state index in [1.54, 1.807) is 0 Å². The fourth-order valence-corrected chi connectivity index (χ4v) is 3.28. The molecule has 0 aliphatic heterocycles. The minimum Gasteiger partial charge on any atom is -0.361 e. The lowest BCUT2D eigenvalue weighted by molar-refractivity contribution is 0.392. The van der Waals surface area contributed by atoms with Gasteiger partial charge in [-0.05, 0) is 39.2 Å². The van der Waals surface area contributed by atoms with Crippen molar-refractivity contribution in [2.75, 3.05) is 20.1 Å². The van der Waals surface area contributed by atoms with E-state index in [9.17, 15) is 0 Å². The van der Waals surface area contributed by atoms with E-state index < -0.39 is 0 Å². The van der Waals surface area contributed by atoms with Gasteiger partial charge in [0.05, 0.1) is 24.1 Å². The molecule has 2 aromatic heterocycles. The molecule has 0 saturated carbocycles. The Labute approximate surface area is 172 Å². The average Bonchev–Trinajstić information content (AvgIpc) is 3.32. The summed E-state index contributed by atoms with van der Waals surface area (Å²) < 4.78 is 5.23. The number of imidazole rings is 1. The topological polar surface area (TPSA) is 82.3 Å². The molecule has 0 radical (unpaired) electrons. The molecule has 2 heterocycles. The molecule has 0 aliphatic rings. The molecule has 2 N–H and O–H groups in total. The maximum atomic E-state index is 5.23. The van der Waals surface area contributed by atoms with E-state index in [1.807, 2.05) is 45.3 Å². The van der Waals surface area contributed by atoms with Crippen molar-refractivity contribution in [2.24, 2.45) is 4.99 Å². The Morgan fingerprint density at radius 3 is 2.72 bits per heavy atom. The zero-order chi connectivity index (χ0) is 20.6. The van der Waals surface area contributed by atoms with Crippen LogP contribution in [-0.4, -0.2) is 46.1 Å². The maximum Gasteiger partial charge on any atom is 0.194 e. The van der Waals surface area contributed by atoms with Gasteiger partial charge >= 0.3 is 0 Å². The van der Waals surface area contributed by atoms with Crippen molar-refractivity contribution in [3.63, 3.8) is 0 Å². The van der Waals surface area contributed by atoms with Crippen LogP contribution in [-0.2, 0) is 13.0 Å². The normalized spacial score (nSPS) is 11.7. The van der Waals surface area contributed by atoms with Crippen molar-refractivity contribution in [1.82, 2.24) is 25.3 Å². The molecule has 1 aromatic carbocycles. The number of benzene rings is 1. The maximum absolute atomic E-state index is 5.23. The Morgan fingerprint density at radius 2 is 2.03 bits per heavy atom. The Morgan fingerprint density at radius 1 is 1.24 bits per heavy atom. The molecule has 3 aromatic rings. The van der Waals surface area contributed by atoms with Gasteiger partial charge in [-0.2, -0.15) is 0 Å². The van der Waals surface area contributed by atoms with E-state index in [1.165, 1.54) is 5.56 Å². The van der Waals surface area contributed by atoms with Crippen LogP contribution in [0, 0.1) is 13.8 Å². The Kier molecular flexibility index (Phi) is 7.05. The van der Waals surface area contributed by atoms with Gasteiger partial charge in [0.1, 0.15) is 11.6 Å². The van der Waals surface area contributed by atoms with Crippen molar-refractivity contribution in [2.45, 2.75) is 40.2 Å². The van der Waals surface area contributed by atoms with Gasteiger partial charge in [0.2, 0.25) is 0 Å². The number of aromatic amines is 1. The number of hydrogen-bond acceptors (Lipinski definition) is 4. The number of guanidine groups is 1. The fourth-order valence-electron chi connectivity index (χ4n) is 3.28. The van der Waals surface area contributed by atoms with Gasteiger partial charge in [0, 0.05) is 25.7 Å². The van der Waals surface area contributed by atoms with Crippen LogP contribution in [0.15, 0.2) is 46.0 Å². The van der Waals surface area contributed by atoms with E-state index in [4.69, 9.17) is 9.52 Å². The van der Waals surface area contributed by atoms with Crippen LogP contribution < -0.4 is 5.32 Å². The molecule has 7 heteroatoms. The molecule has 0 spiro atoms. The fraction of sp³-hybridized carbons (Fsp3) is 0.409. The molecule has 29 heavy (non-hydrogen) atoms. The van der Waals surface area contributed by atoms with E-state index >= 15 is 0 Å². The third-order valence-corrected chi connectivity index (χ3v) is 4.82. The highest BCUT2D eigenvalue weighted by molar-refractivity contribution is 5.79. The highest BCUT2D eigenvalue weighted by Crippen LogP contribution is 2.17. The molecule has 0 unspecified atom stereocenters. The Bertz CT molecular complexity index is 908. The first-order valence-electron chi connectivity index (χ1n) is 10.1. The van der Waals surface area contributed by atoms with Gasteiger partial charge < -0.3 is 19.7 Å². The van der Waals surface area contributed by atoms with Crippen LogP contribution >= 0.6 is 0 Å². The van der Waals surface area contributed by atoms with E-state index in [0.29, 0.717) is 6.54 Å². The lowest BCUT2D eigenvalue weighted by atomic mass is 10.1. The minimum absolute atomic E-state index is 0.655. The van der Waals surface area contributed by atoms with Crippen LogP contribution in [0.4, 0.5) is 0 Å². The summed E-state index contributed by atoms with van der Waals surface area (Å²) in [5, 5.41) is 7.38. The molecule has 0 fully saturated rings. The largest absolute Gasteiger partial charge is 0.361 e. The molecule has 0 aliphatic carbocycles. The molecule has 0 bridgehead atoms. The second-order valence-electron chi connectivity index (χ2n) is 7.11. The zero-order valence-electron chi connectivity index (χ0n) is 17.7. The highest BCUT2D eigenvalue weighted by atomic mass is 16.5. The predicted octanol–water partition coefficient (Wildman–Crippen LogP) is 3.71. The predicted molar refractivity (Wildman–Crippen MR) is 116 cm³/mol. The van der Waals surface area contributed by atoms with Crippen LogP contribution in [0.3, 0.4) is 0 Å². The second-order valence-corrected chi connectivity index (χ2v) is 7.11. The van der Waals surface area contributed by atoms with Crippen LogP contribution in [0.1, 0.15) is 36.2 Å². The number of nitrogens with one attached hydrogen (secondary N) is 2. The Hall–Kier alpha value is -3.09. The van der Waals surface area contributed by atoms with Crippen LogP contribution in [0.25, 0.3) is 11.3 Å². The summed E-state index contributed by atoms with van der Waals surface area (Å²) in [5.41, 5.74) is 4.33. The van der Waals surface area contributed by atoms with Crippen LogP contribution in [0.2, 0.25) is 0 Å². The van der Waals surface area contributed by atoms with Gasteiger partial charge in [-0.25, -0.2) is 4.98 Å². The number of hydrogen-bond donors (Lipinski definition) is 2. The van der Waals surface area contributed by atoms with E-state index in [2.05, 4.69) is 44.4 Å². The number of nitrogens with zero attached hydrogens (tertiary/aromatic N) is 4. The summed E-state index contributed by atoms with van der Waals surface area (Å²) in [4.78, 5) is 14.8. The Balaban J connectivity index is 1.58. The second kappa shape index (κ2) is 9.91. The van der Waals surface area contributed by atoms with Gasteiger partial charge in [-0.15, -0.1) is 0 Å². The molecule has 3 rings (SSSR count). The first-order valence-corrected chi connectivity index (χ1v) is 10.1. The highest BCUT2D eigenvalue weighted by Gasteiger charge is 2.11. The van der Waals surface area contributed by atoms with Gasteiger partial charge in [-0.1, -0.05) is 35.5 Å². The van der Waals surface area contributed by atoms with E-state index in [0.717, 1.165) is 60.4 Å². The lowest BCUT2D eigenvalue weighted by Gasteiger charge is -2.21. The van der Waals surface area contributed by atoms with Crippen LogP contribution in [0.5, 0.6) is 0 Å². The number of rotatable bonds is 8. The van der Waals surface area contributed by atoms with E-state index in [-0.39, 0.29) is 0 Å². The number of aliphatic imine (C=N–C) groups is 1. The molecule has 0 saturated heterocycles. The van der Waals surface area contributed by atoms with Crippen molar-refractivity contribution in [3.05, 3.63) is 59.4 Å². The molecular formula is C22H30N6O. The van der Waals surface area contributed by atoms with Gasteiger partial charge in [0.15, 0.2) is 5.96 Å². The molecule has 0 atom stereocenters.